The Morgan fingerprint density at radius 2 is 1.96 bits per heavy atom. The van der Waals surface area contributed by atoms with Crippen molar-refractivity contribution in [2.24, 2.45) is 0 Å². The number of furan rings is 1. The van der Waals surface area contributed by atoms with Gasteiger partial charge in [0.05, 0.1) is 34.6 Å². The van der Waals surface area contributed by atoms with Gasteiger partial charge in [0.25, 0.3) is 0 Å². The Hall–Kier alpha value is -2.44. The van der Waals surface area contributed by atoms with Crippen molar-refractivity contribution in [3.05, 3.63) is 75.8 Å². The van der Waals surface area contributed by atoms with Crippen LogP contribution in [0.3, 0.4) is 0 Å². The summed E-state index contributed by atoms with van der Waals surface area (Å²) in [6, 6.07) is 16.1. The quantitative estimate of drug-likeness (QED) is 0.323. The van der Waals surface area contributed by atoms with Gasteiger partial charge in [0, 0.05) is 11.3 Å². The highest BCUT2D eigenvalue weighted by atomic mass is 32.1. The van der Waals surface area contributed by atoms with E-state index in [0.717, 1.165) is 35.5 Å². The molecule has 0 fully saturated rings. The molecule has 4 aromatic rings. The molecule has 0 spiro atoms. The number of unbranched alkanes of at least 4 members (excludes halogenated alkanes) is 1. The van der Waals surface area contributed by atoms with Gasteiger partial charge in [-0.25, -0.2) is 4.98 Å². The smallest absolute Gasteiger partial charge is 0.223 e. The van der Waals surface area contributed by atoms with Gasteiger partial charge in [-0.1, -0.05) is 18.2 Å². The Bertz CT molecular complexity index is 937. The van der Waals surface area contributed by atoms with Crippen LogP contribution in [0.5, 0.6) is 0 Å². The second-order valence-electron chi connectivity index (χ2n) is 6.69. The number of fused-ring (bicyclic) bond motifs is 1. The molecule has 144 valence electrons. The molecule has 0 aliphatic rings. The fraction of sp³-hybridized carbons (Fsp3) is 0.273. The molecule has 3 aromatic heterocycles. The molecule has 0 atom stereocenters. The maximum atomic E-state index is 12.8. The molecular weight excluding hydrogens is 388 g/mol. The monoisotopic (exact) mass is 410 g/mol. The highest BCUT2D eigenvalue weighted by molar-refractivity contribution is 7.18. The van der Waals surface area contributed by atoms with E-state index in [4.69, 9.17) is 4.42 Å². The first-order valence-corrected chi connectivity index (χ1v) is 11.1. The minimum Gasteiger partial charge on any atom is -0.467 e. The first-order valence-electron chi connectivity index (χ1n) is 9.45. The lowest BCUT2D eigenvalue weighted by molar-refractivity contribution is -0.132. The average molecular weight is 411 g/mol. The molecule has 28 heavy (non-hydrogen) atoms. The van der Waals surface area contributed by atoms with E-state index in [1.54, 1.807) is 28.9 Å². The molecule has 4 rings (SSSR count). The number of carbonyl (C=O) groups is 1. The third kappa shape index (κ3) is 4.88. The summed E-state index contributed by atoms with van der Waals surface area (Å²) in [5.41, 5.74) is 1.07. The standard InChI is InChI=1S/C22H22N2O2S2/c25-22(12-4-3-11-21-23-19-9-1-2-10-20(19)28-21)24(15-17-7-5-13-26-17)16-18-8-6-14-27-18/h1-2,5-10,13-14H,3-4,11-12,15-16H2. The second kappa shape index (κ2) is 9.17. The van der Waals surface area contributed by atoms with Gasteiger partial charge in [-0.3, -0.25) is 4.79 Å². The van der Waals surface area contributed by atoms with Crippen molar-refractivity contribution in [2.45, 2.75) is 38.8 Å². The molecule has 4 nitrogen and oxygen atoms in total. The third-order valence-electron chi connectivity index (χ3n) is 4.58. The lowest BCUT2D eigenvalue weighted by atomic mass is 10.1. The topological polar surface area (TPSA) is 46.3 Å². The Labute approximate surface area is 172 Å². The SMILES string of the molecule is O=C(CCCCc1nc2ccccc2s1)N(Cc1ccco1)Cc1cccs1. The minimum absolute atomic E-state index is 0.175. The van der Waals surface area contributed by atoms with Gasteiger partial charge < -0.3 is 9.32 Å². The summed E-state index contributed by atoms with van der Waals surface area (Å²) in [6.07, 6.45) is 4.97. The van der Waals surface area contributed by atoms with Crippen LogP contribution in [-0.4, -0.2) is 15.8 Å². The third-order valence-corrected chi connectivity index (χ3v) is 6.53. The van der Waals surface area contributed by atoms with E-state index in [1.165, 1.54) is 9.58 Å². The Balaban J connectivity index is 1.30. The molecular formula is C22H22N2O2S2. The molecule has 1 amide bonds. The number of thiazole rings is 1. The number of para-hydroxylation sites is 1. The number of nitrogens with zero attached hydrogens (tertiary/aromatic N) is 2. The van der Waals surface area contributed by atoms with Crippen LogP contribution < -0.4 is 0 Å². The van der Waals surface area contributed by atoms with E-state index >= 15 is 0 Å². The molecule has 1 aromatic carbocycles. The Morgan fingerprint density at radius 1 is 1.04 bits per heavy atom. The fourth-order valence-corrected chi connectivity index (χ4v) is 4.88. The normalized spacial score (nSPS) is 11.1. The molecule has 0 aliphatic carbocycles. The fourth-order valence-electron chi connectivity index (χ4n) is 3.15. The number of rotatable bonds is 9. The van der Waals surface area contributed by atoms with Crippen molar-refractivity contribution < 1.29 is 9.21 Å². The van der Waals surface area contributed by atoms with Crippen molar-refractivity contribution in [2.75, 3.05) is 0 Å². The Morgan fingerprint density at radius 3 is 2.75 bits per heavy atom. The number of amides is 1. The summed E-state index contributed by atoms with van der Waals surface area (Å²) in [5, 5.41) is 3.20. The van der Waals surface area contributed by atoms with Gasteiger partial charge in [-0.2, -0.15) is 0 Å². The molecule has 0 saturated heterocycles. The van der Waals surface area contributed by atoms with Gasteiger partial charge in [0.1, 0.15) is 5.76 Å². The predicted molar refractivity (Wildman–Crippen MR) is 114 cm³/mol. The first kappa shape index (κ1) is 18.9. The summed E-state index contributed by atoms with van der Waals surface area (Å²) in [5.74, 6) is 0.994. The lowest BCUT2D eigenvalue weighted by Crippen LogP contribution is -2.29. The number of thiophene rings is 1. The second-order valence-corrected chi connectivity index (χ2v) is 8.84. The van der Waals surface area contributed by atoms with Gasteiger partial charge in [-0.15, -0.1) is 22.7 Å². The number of carbonyl (C=O) groups excluding carboxylic acids is 1. The van der Waals surface area contributed by atoms with Crippen LogP contribution in [0.25, 0.3) is 10.2 Å². The van der Waals surface area contributed by atoms with Crippen molar-refractivity contribution in [1.29, 1.82) is 0 Å². The molecule has 3 heterocycles. The zero-order valence-electron chi connectivity index (χ0n) is 15.5. The van der Waals surface area contributed by atoms with Crippen LogP contribution in [0.15, 0.2) is 64.6 Å². The summed E-state index contributed by atoms with van der Waals surface area (Å²) < 4.78 is 6.68. The van der Waals surface area contributed by atoms with E-state index in [1.807, 2.05) is 40.6 Å². The van der Waals surface area contributed by atoms with E-state index in [2.05, 4.69) is 23.2 Å². The van der Waals surface area contributed by atoms with E-state index in [0.29, 0.717) is 19.5 Å². The molecule has 0 bridgehead atoms. The molecule has 0 radical (unpaired) electrons. The maximum absolute atomic E-state index is 12.8. The maximum Gasteiger partial charge on any atom is 0.223 e. The van der Waals surface area contributed by atoms with Crippen LogP contribution in [0, 0.1) is 0 Å². The zero-order valence-corrected chi connectivity index (χ0v) is 17.2. The summed E-state index contributed by atoms with van der Waals surface area (Å²) in [6.45, 7) is 1.15. The molecule has 0 saturated carbocycles. The Kier molecular flexibility index (Phi) is 6.19. The van der Waals surface area contributed by atoms with E-state index in [-0.39, 0.29) is 5.91 Å². The number of hydrogen-bond acceptors (Lipinski definition) is 5. The number of aromatic nitrogens is 1. The van der Waals surface area contributed by atoms with E-state index < -0.39 is 0 Å². The van der Waals surface area contributed by atoms with Crippen molar-refractivity contribution in [3.63, 3.8) is 0 Å². The number of benzene rings is 1. The number of aryl methyl sites for hydroxylation is 1. The average Bonchev–Trinajstić information content (AvgIpc) is 3.45. The number of hydrogen-bond donors (Lipinski definition) is 0. The highest BCUT2D eigenvalue weighted by Crippen LogP contribution is 2.23. The molecule has 0 unspecified atom stereocenters. The van der Waals surface area contributed by atoms with Crippen LogP contribution >= 0.6 is 22.7 Å². The van der Waals surface area contributed by atoms with Crippen LogP contribution in [0.1, 0.15) is 34.9 Å². The first-order chi connectivity index (χ1) is 13.8. The van der Waals surface area contributed by atoms with Crippen LogP contribution in [0.4, 0.5) is 0 Å². The molecule has 0 aliphatic heterocycles. The lowest BCUT2D eigenvalue weighted by Gasteiger charge is -2.21. The van der Waals surface area contributed by atoms with Gasteiger partial charge in [0.2, 0.25) is 5.91 Å². The summed E-state index contributed by atoms with van der Waals surface area (Å²) >= 11 is 3.43. The minimum atomic E-state index is 0.175. The highest BCUT2D eigenvalue weighted by Gasteiger charge is 2.16. The van der Waals surface area contributed by atoms with Gasteiger partial charge in [-0.05, 0) is 55.0 Å². The van der Waals surface area contributed by atoms with Crippen molar-refractivity contribution in [3.8, 4) is 0 Å². The van der Waals surface area contributed by atoms with Crippen molar-refractivity contribution >= 4 is 38.8 Å². The van der Waals surface area contributed by atoms with Gasteiger partial charge >= 0.3 is 0 Å². The van der Waals surface area contributed by atoms with Crippen molar-refractivity contribution in [1.82, 2.24) is 9.88 Å². The predicted octanol–water partition coefficient (Wildman–Crippen LogP) is 5.89. The van der Waals surface area contributed by atoms with Crippen LogP contribution in [0.2, 0.25) is 0 Å². The largest absolute Gasteiger partial charge is 0.467 e. The summed E-state index contributed by atoms with van der Waals surface area (Å²) in [4.78, 5) is 20.6. The molecule has 6 heteroatoms. The zero-order chi connectivity index (χ0) is 19.2. The van der Waals surface area contributed by atoms with Crippen LogP contribution in [-0.2, 0) is 24.3 Å². The summed E-state index contributed by atoms with van der Waals surface area (Å²) in [7, 11) is 0. The molecule has 0 N–H and O–H groups in total. The van der Waals surface area contributed by atoms with E-state index in [9.17, 15) is 4.79 Å². The van der Waals surface area contributed by atoms with Gasteiger partial charge in [0.15, 0.2) is 0 Å².